The van der Waals surface area contributed by atoms with Crippen molar-refractivity contribution in [3.63, 3.8) is 0 Å². The molecule has 3 nitrogen and oxygen atoms in total. The molecule has 0 heterocycles. The highest BCUT2D eigenvalue weighted by molar-refractivity contribution is 8.22. The van der Waals surface area contributed by atoms with Crippen LogP contribution in [0.15, 0.2) is 0 Å². The van der Waals surface area contributed by atoms with Gasteiger partial charge < -0.3 is 0 Å². The number of nitrogens with zero attached hydrogens (tertiary/aromatic N) is 1. The SMILES string of the molecule is CC(Cl)(SCl)[N+](=O)[O-]. The predicted octanol–water partition coefficient (Wildman–Crippen LogP) is 2.06. The van der Waals surface area contributed by atoms with Crippen molar-refractivity contribution in [3.05, 3.63) is 10.1 Å². The van der Waals surface area contributed by atoms with Crippen LogP contribution in [-0.2, 0) is 0 Å². The van der Waals surface area contributed by atoms with Gasteiger partial charge in [-0.25, -0.2) is 0 Å². The van der Waals surface area contributed by atoms with Crippen molar-refractivity contribution in [2.45, 2.75) is 11.3 Å². The van der Waals surface area contributed by atoms with Gasteiger partial charge in [0.2, 0.25) is 0 Å². The Morgan fingerprint density at radius 2 is 2.25 bits per heavy atom. The molecule has 0 aliphatic carbocycles. The molecule has 0 aliphatic rings. The first-order chi connectivity index (χ1) is 3.50. The number of halogens is 2. The van der Waals surface area contributed by atoms with Crippen LogP contribution in [-0.4, -0.2) is 9.25 Å². The minimum Gasteiger partial charge on any atom is -0.262 e. The maximum absolute atomic E-state index is 9.82. The standard InChI is InChI=1S/C2H3Cl2NO2S/c1-2(3,8-4)5(6)7/h1H3. The molecule has 0 rings (SSSR count). The molecule has 0 spiro atoms. The number of hydrogen-bond donors (Lipinski definition) is 0. The van der Waals surface area contributed by atoms with Gasteiger partial charge in [0.1, 0.15) is 0 Å². The summed E-state index contributed by atoms with van der Waals surface area (Å²) >= 11 is 5.19. The molecule has 0 N–H and O–H groups in total. The monoisotopic (exact) mass is 175 g/mol. The second kappa shape index (κ2) is 2.75. The number of alkyl halides is 1. The molecule has 0 fully saturated rings. The fraction of sp³-hybridized carbons (Fsp3) is 1.00. The van der Waals surface area contributed by atoms with E-state index in [-0.39, 0.29) is 0 Å². The van der Waals surface area contributed by atoms with E-state index in [9.17, 15) is 10.1 Å². The van der Waals surface area contributed by atoms with Crippen LogP contribution in [0.4, 0.5) is 0 Å². The van der Waals surface area contributed by atoms with Gasteiger partial charge in [-0.2, -0.15) is 0 Å². The van der Waals surface area contributed by atoms with Crippen LogP contribution in [0.25, 0.3) is 0 Å². The van der Waals surface area contributed by atoms with E-state index >= 15 is 0 Å². The molecular weight excluding hydrogens is 173 g/mol. The normalized spacial score (nSPS) is 17.4. The van der Waals surface area contributed by atoms with E-state index in [1.807, 2.05) is 0 Å². The Morgan fingerprint density at radius 1 is 1.88 bits per heavy atom. The van der Waals surface area contributed by atoms with Crippen LogP contribution in [0.3, 0.4) is 0 Å². The summed E-state index contributed by atoms with van der Waals surface area (Å²) in [5.41, 5.74) is 0. The van der Waals surface area contributed by atoms with Gasteiger partial charge in [-0.3, -0.25) is 10.1 Å². The maximum atomic E-state index is 9.82. The summed E-state index contributed by atoms with van der Waals surface area (Å²) < 4.78 is -1.58. The molecule has 0 radical (unpaired) electrons. The summed E-state index contributed by atoms with van der Waals surface area (Å²) in [5, 5.41) is 9.82. The van der Waals surface area contributed by atoms with Crippen molar-refractivity contribution >= 4 is 33.3 Å². The van der Waals surface area contributed by atoms with Gasteiger partial charge in [-0.1, -0.05) is 0 Å². The average Bonchev–Trinajstić information content (AvgIpc) is 1.67. The molecule has 48 valence electrons. The lowest BCUT2D eigenvalue weighted by molar-refractivity contribution is -0.507. The van der Waals surface area contributed by atoms with E-state index in [2.05, 4.69) is 0 Å². The first-order valence-corrected chi connectivity index (χ1v) is 3.66. The summed E-state index contributed by atoms with van der Waals surface area (Å²) in [5.74, 6) is 0. The average molecular weight is 176 g/mol. The first-order valence-electron chi connectivity index (χ1n) is 1.64. The molecule has 0 aromatic rings. The van der Waals surface area contributed by atoms with Crippen LogP contribution in [0.1, 0.15) is 6.92 Å². The third-order valence-electron chi connectivity index (χ3n) is 0.467. The minimum absolute atomic E-state index is 0.474. The molecule has 0 saturated carbocycles. The lowest BCUT2D eigenvalue weighted by atomic mass is 10.8. The fourth-order valence-corrected chi connectivity index (χ4v) is 0.254. The van der Waals surface area contributed by atoms with Crippen LogP contribution in [0.2, 0.25) is 0 Å². The van der Waals surface area contributed by atoms with Crippen molar-refractivity contribution < 1.29 is 4.92 Å². The zero-order valence-corrected chi connectivity index (χ0v) is 6.26. The highest BCUT2D eigenvalue weighted by atomic mass is 35.7. The molecule has 0 aromatic carbocycles. The van der Waals surface area contributed by atoms with Crippen molar-refractivity contribution in [2.24, 2.45) is 0 Å². The third kappa shape index (κ3) is 2.07. The maximum Gasteiger partial charge on any atom is 0.352 e. The van der Waals surface area contributed by atoms with Crippen LogP contribution in [0.5, 0.6) is 0 Å². The molecule has 0 aliphatic heterocycles. The summed E-state index contributed by atoms with van der Waals surface area (Å²) in [4.78, 5) is 9.16. The summed E-state index contributed by atoms with van der Waals surface area (Å²) in [6.07, 6.45) is 0. The van der Waals surface area contributed by atoms with E-state index in [1.165, 1.54) is 6.92 Å². The zero-order chi connectivity index (χ0) is 6.78. The zero-order valence-electron chi connectivity index (χ0n) is 3.93. The Morgan fingerprint density at radius 3 is 2.25 bits per heavy atom. The van der Waals surface area contributed by atoms with Crippen molar-refractivity contribution in [2.75, 3.05) is 0 Å². The highest BCUT2D eigenvalue weighted by Gasteiger charge is 2.34. The smallest absolute Gasteiger partial charge is 0.262 e. The predicted molar refractivity (Wildman–Crippen MR) is 34.7 cm³/mol. The second-order valence-electron chi connectivity index (χ2n) is 1.20. The number of hydrogen-bond acceptors (Lipinski definition) is 3. The van der Waals surface area contributed by atoms with Crippen LogP contribution >= 0.6 is 33.3 Å². The van der Waals surface area contributed by atoms with E-state index < -0.39 is 9.25 Å². The lowest BCUT2D eigenvalue weighted by Crippen LogP contribution is -2.21. The summed E-state index contributed by atoms with van der Waals surface area (Å²) in [7, 11) is 5.50. The van der Waals surface area contributed by atoms with E-state index in [0.29, 0.717) is 11.0 Å². The fourth-order valence-electron chi connectivity index (χ4n) is 0.0282. The molecule has 8 heavy (non-hydrogen) atoms. The largest absolute Gasteiger partial charge is 0.352 e. The van der Waals surface area contributed by atoms with Gasteiger partial charge >= 0.3 is 4.33 Å². The van der Waals surface area contributed by atoms with Crippen molar-refractivity contribution in [1.82, 2.24) is 0 Å². The van der Waals surface area contributed by atoms with E-state index in [0.717, 1.165) is 0 Å². The molecule has 0 amide bonds. The third-order valence-corrected chi connectivity index (χ3v) is 2.41. The van der Waals surface area contributed by atoms with Crippen molar-refractivity contribution in [1.29, 1.82) is 0 Å². The van der Waals surface area contributed by atoms with Crippen molar-refractivity contribution in [3.8, 4) is 0 Å². The topological polar surface area (TPSA) is 43.1 Å². The second-order valence-corrected chi connectivity index (χ2v) is 3.58. The molecule has 1 unspecified atom stereocenters. The number of rotatable bonds is 2. The quantitative estimate of drug-likeness (QED) is 0.212. The van der Waals surface area contributed by atoms with Gasteiger partial charge in [-0.15, -0.1) is 0 Å². The molecule has 0 saturated heterocycles. The minimum atomic E-state index is -1.58. The van der Waals surface area contributed by atoms with Gasteiger partial charge in [0.25, 0.3) is 0 Å². The summed E-state index contributed by atoms with van der Waals surface area (Å²) in [6, 6.07) is 0. The first kappa shape index (κ1) is 8.33. The Balaban J connectivity index is 3.91. The highest BCUT2D eigenvalue weighted by Crippen LogP contribution is 2.32. The van der Waals surface area contributed by atoms with Gasteiger partial charge in [0.15, 0.2) is 0 Å². The molecule has 0 aromatic heterocycles. The van der Waals surface area contributed by atoms with Gasteiger partial charge in [0.05, 0.1) is 4.92 Å². The van der Waals surface area contributed by atoms with Crippen LogP contribution < -0.4 is 0 Å². The molecule has 0 bridgehead atoms. The van der Waals surface area contributed by atoms with E-state index in [1.54, 1.807) is 0 Å². The lowest BCUT2D eigenvalue weighted by Gasteiger charge is -2.04. The molecule has 6 heteroatoms. The Labute approximate surface area is 60.0 Å². The Bertz CT molecular complexity index is 106. The van der Waals surface area contributed by atoms with Gasteiger partial charge in [0, 0.05) is 17.9 Å². The van der Waals surface area contributed by atoms with Crippen LogP contribution in [0, 0.1) is 10.1 Å². The Kier molecular flexibility index (Phi) is 2.87. The summed E-state index contributed by atoms with van der Waals surface area (Å²) in [6.45, 7) is 1.21. The molecule has 1 atom stereocenters. The number of nitro groups is 1. The molecular formula is C2H3Cl2NO2S. The Hall–Kier alpha value is 0.330. The van der Waals surface area contributed by atoms with E-state index in [4.69, 9.17) is 22.3 Å². The van der Waals surface area contributed by atoms with Gasteiger partial charge in [-0.05, 0) is 22.3 Å².